The monoisotopic (exact) mass is 375 g/mol. The molecule has 2 rings (SSSR count). The first-order valence-corrected chi connectivity index (χ1v) is 9.18. The van der Waals surface area contributed by atoms with Crippen LogP contribution >= 0.6 is 11.6 Å². The average molecular weight is 376 g/mol. The summed E-state index contributed by atoms with van der Waals surface area (Å²) in [4.78, 5) is 12.3. The van der Waals surface area contributed by atoms with E-state index in [0.717, 1.165) is 16.9 Å². The van der Waals surface area contributed by atoms with Crippen LogP contribution in [0.15, 0.2) is 42.5 Å². The van der Waals surface area contributed by atoms with Crippen LogP contribution in [-0.4, -0.2) is 25.2 Å². The van der Waals surface area contributed by atoms with E-state index >= 15 is 0 Å². The first-order chi connectivity index (χ1) is 12.4. The summed E-state index contributed by atoms with van der Waals surface area (Å²) >= 11 is 6.03. The number of para-hydroxylation sites is 1. The van der Waals surface area contributed by atoms with Crippen molar-refractivity contribution < 1.29 is 14.3 Å². The van der Waals surface area contributed by atoms with E-state index in [1.165, 1.54) is 0 Å². The van der Waals surface area contributed by atoms with Gasteiger partial charge in [0.05, 0.1) is 11.6 Å². The van der Waals surface area contributed by atoms with E-state index in [4.69, 9.17) is 21.1 Å². The number of hydrogen-bond donors (Lipinski definition) is 1. The molecule has 0 radical (unpaired) electrons. The molecule has 0 aliphatic rings. The molecule has 0 saturated carbocycles. The number of aryl methyl sites for hydroxylation is 1. The molecule has 0 saturated heterocycles. The standard InChI is InChI=1S/C21H26ClNO3/c1-14(2)17-10-9-15(3)13-20(17)26-16(4)21(24)23-11-12-25-19-8-6-5-7-18(19)22/h5-10,13-14,16H,11-12H2,1-4H3,(H,23,24)/t16-/m1/s1. The minimum absolute atomic E-state index is 0.177. The Bertz CT molecular complexity index is 746. The van der Waals surface area contributed by atoms with E-state index in [0.29, 0.717) is 29.8 Å². The van der Waals surface area contributed by atoms with Gasteiger partial charge in [0.2, 0.25) is 0 Å². The van der Waals surface area contributed by atoms with Gasteiger partial charge in [0.25, 0.3) is 5.91 Å². The molecular formula is C21H26ClNO3. The van der Waals surface area contributed by atoms with Gasteiger partial charge in [-0.15, -0.1) is 0 Å². The van der Waals surface area contributed by atoms with Crippen LogP contribution < -0.4 is 14.8 Å². The molecule has 0 aromatic heterocycles. The number of hydrogen-bond acceptors (Lipinski definition) is 3. The predicted molar refractivity (Wildman–Crippen MR) is 105 cm³/mol. The molecule has 2 aromatic rings. The van der Waals surface area contributed by atoms with E-state index in [1.54, 1.807) is 19.1 Å². The number of benzene rings is 2. The Morgan fingerprint density at radius 3 is 2.54 bits per heavy atom. The fraction of sp³-hybridized carbons (Fsp3) is 0.381. The van der Waals surface area contributed by atoms with Crippen molar-refractivity contribution in [3.05, 3.63) is 58.6 Å². The molecule has 0 spiro atoms. The number of amides is 1. The maximum Gasteiger partial charge on any atom is 0.260 e. The Morgan fingerprint density at radius 1 is 1.12 bits per heavy atom. The highest BCUT2D eigenvalue weighted by molar-refractivity contribution is 6.32. The van der Waals surface area contributed by atoms with Crippen molar-refractivity contribution in [3.8, 4) is 11.5 Å². The summed E-state index contributed by atoms with van der Waals surface area (Å²) in [6.07, 6.45) is -0.588. The van der Waals surface area contributed by atoms with Crippen LogP contribution in [0.1, 0.15) is 37.8 Å². The van der Waals surface area contributed by atoms with Crippen LogP contribution in [0.4, 0.5) is 0 Å². The van der Waals surface area contributed by atoms with Crippen molar-refractivity contribution in [1.82, 2.24) is 5.32 Å². The van der Waals surface area contributed by atoms with Gasteiger partial charge in [0.1, 0.15) is 18.1 Å². The molecule has 4 nitrogen and oxygen atoms in total. The van der Waals surface area contributed by atoms with Gasteiger partial charge in [-0.2, -0.15) is 0 Å². The molecule has 1 atom stereocenters. The van der Waals surface area contributed by atoms with Gasteiger partial charge >= 0.3 is 0 Å². The van der Waals surface area contributed by atoms with E-state index in [-0.39, 0.29) is 5.91 Å². The number of nitrogens with one attached hydrogen (secondary N) is 1. The van der Waals surface area contributed by atoms with Crippen LogP contribution in [0.2, 0.25) is 5.02 Å². The van der Waals surface area contributed by atoms with E-state index in [9.17, 15) is 4.79 Å². The van der Waals surface area contributed by atoms with Crippen LogP contribution in [0, 0.1) is 6.92 Å². The minimum Gasteiger partial charge on any atom is -0.490 e. The highest BCUT2D eigenvalue weighted by atomic mass is 35.5. The zero-order valence-corrected chi connectivity index (χ0v) is 16.5. The minimum atomic E-state index is -0.588. The summed E-state index contributed by atoms with van der Waals surface area (Å²) in [6, 6.07) is 13.3. The highest BCUT2D eigenvalue weighted by Gasteiger charge is 2.17. The van der Waals surface area contributed by atoms with Gasteiger partial charge < -0.3 is 14.8 Å². The van der Waals surface area contributed by atoms with Gasteiger partial charge in [-0.1, -0.05) is 49.7 Å². The van der Waals surface area contributed by atoms with Crippen LogP contribution in [0.5, 0.6) is 11.5 Å². The molecule has 2 aromatic carbocycles. The highest BCUT2D eigenvalue weighted by Crippen LogP contribution is 2.28. The maximum atomic E-state index is 12.3. The molecule has 0 heterocycles. The lowest BCUT2D eigenvalue weighted by molar-refractivity contribution is -0.127. The van der Waals surface area contributed by atoms with Crippen molar-refractivity contribution in [2.75, 3.05) is 13.2 Å². The van der Waals surface area contributed by atoms with Crippen molar-refractivity contribution >= 4 is 17.5 Å². The fourth-order valence-corrected chi connectivity index (χ4v) is 2.70. The molecule has 5 heteroatoms. The van der Waals surface area contributed by atoms with Crippen LogP contribution in [0.3, 0.4) is 0 Å². The normalized spacial score (nSPS) is 11.9. The van der Waals surface area contributed by atoms with Gasteiger partial charge in [-0.25, -0.2) is 0 Å². The summed E-state index contributed by atoms with van der Waals surface area (Å²) in [5.41, 5.74) is 2.20. The number of carbonyl (C=O) groups is 1. The van der Waals surface area contributed by atoms with Crippen LogP contribution in [-0.2, 0) is 4.79 Å². The van der Waals surface area contributed by atoms with Crippen molar-refractivity contribution in [2.24, 2.45) is 0 Å². The first-order valence-electron chi connectivity index (χ1n) is 8.80. The molecule has 0 aliphatic carbocycles. The Hall–Kier alpha value is -2.20. The number of carbonyl (C=O) groups excluding carboxylic acids is 1. The third-order valence-corrected chi connectivity index (χ3v) is 4.27. The zero-order chi connectivity index (χ0) is 19.1. The van der Waals surface area contributed by atoms with Crippen molar-refractivity contribution in [1.29, 1.82) is 0 Å². The maximum absolute atomic E-state index is 12.3. The third kappa shape index (κ3) is 5.67. The molecule has 140 valence electrons. The zero-order valence-electron chi connectivity index (χ0n) is 15.7. The van der Waals surface area contributed by atoms with Gasteiger partial charge in [-0.3, -0.25) is 4.79 Å². The quantitative estimate of drug-likeness (QED) is 0.678. The Morgan fingerprint density at radius 2 is 1.85 bits per heavy atom. The van der Waals surface area contributed by atoms with Gasteiger partial charge in [-0.05, 0) is 49.1 Å². The third-order valence-electron chi connectivity index (χ3n) is 3.96. The molecule has 0 fully saturated rings. The summed E-state index contributed by atoms with van der Waals surface area (Å²) < 4.78 is 11.5. The molecular weight excluding hydrogens is 350 g/mol. The second-order valence-electron chi connectivity index (χ2n) is 6.53. The lowest BCUT2D eigenvalue weighted by Crippen LogP contribution is -2.38. The number of halogens is 1. The van der Waals surface area contributed by atoms with E-state index < -0.39 is 6.10 Å². The lowest BCUT2D eigenvalue weighted by atomic mass is 10.0. The summed E-state index contributed by atoms with van der Waals surface area (Å²) in [5, 5.41) is 3.38. The van der Waals surface area contributed by atoms with E-state index in [1.807, 2.05) is 25.1 Å². The average Bonchev–Trinajstić information content (AvgIpc) is 2.59. The summed E-state index contributed by atoms with van der Waals surface area (Å²) in [6.45, 7) is 8.68. The lowest BCUT2D eigenvalue weighted by Gasteiger charge is -2.19. The molecule has 1 amide bonds. The molecule has 0 unspecified atom stereocenters. The summed E-state index contributed by atoms with van der Waals surface area (Å²) in [7, 11) is 0. The number of rotatable bonds is 8. The second-order valence-corrected chi connectivity index (χ2v) is 6.93. The smallest absolute Gasteiger partial charge is 0.260 e. The molecule has 1 N–H and O–H groups in total. The van der Waals surface area contributed by atoms with Crippen molar-refractivity contribution in [2.45, 2.75) is 39.7 Å². The van der Waals surface area contributed by atoms with Crippen LogP contribution in [0.25, 0.3) is 0 Å². The Kier molecular flexibility index (Phi) is 7.34. The molecule has 26 heavy (non-hydrogen) atoms. The van der Waals surface area contributed by atoms with E-state index in [2.05, 4.69) is 31.3 Å². The SMILES string of the molecule is Cc1ccc(C(C)C)c(O[C@H](C)C(=O)NCCOc2ccccc2Cl)c1. The van der Waals surface area contributed by atoms with Gasteiger partial charge in [0.15, 0.2) is 6.10 Å². The largest absolute Gasteiger partial charge is 0.490 e. The fourth-order valence-electron chi connectivity index (χ4n) is 2.51. The first kappa shape index (κ1) is 20.1. The van der Waals surface area contributed by atoms with Crippen molar-refractivity contribution in [3.63, 3.8) is 0 Å². The topological polar surface area (TPSA) is 47.6 Å². The Labute approximate surface area is 160 Å². The molecule has 0 bridgehead atoms. The predicted octanol–water partition coefficient (Wildman–Crippen LogP) is 4.73. The Balaban J connectivity index is 1.84. The number of ether oxygens (including phenoxy) is 2. The molecule has 0 aliphatic heterocycles. The summed E-state index contributed by atoms with van der Waals surface area (Å²) in [5.74, 6) is 1.51. The second kappa shape index (κ2) is 9.48. The van der Waals surface area contributed by atoms with Gasteiger partial charge in [0, 0.05) is 0 Å².